The summed E-state index contributed by atoms with van der Waals surface area (Å²) in [6.07, 6.45) is -2.79. The lowest BCUT2D eigenvalue weighted by Crippen LogP contribution is -2.36. The van der Waals surface area contributed by atoms with E-state index in [2.05, 4.69) is 25.8 Å². The Morgan fingerprint density at radius 2 is 1.93 bits per heavy atom. The second-order valence-electron chi connectivity index (χ2n) is 6.03. The Morgan fingerprint density at radius 1 is 1.26 bits per heavy atom. The van der Waals surface area contributed by atoms with Gasteiger partial charge in [0.2, 0.25) is 0 Å². The minimum Gasteiger partial charge on any atom is -0.386 e. The van der Waals surface area contributed by atoms with Crippen LogP contribution in [0, 0.1) is 5.92 Å². The monoisotopic (exact) mass is 429 g/mol. The van der Waals surface area contributed by atoms with Gasteiger partial charge in [0, 0.05) is 6.04 Å². The smallest absolute Gasteiger partial charge is 0.386 e. The molecule has 0 bridgehead atoms. The number of alkyl halides is 3. The fourth-order valence-corrected chi connectivity index (χ4v) is 2.93. The average molecular weight is 430 g/mol. The molecule has 2 aromatic rings. The molecule has 1 atom stereocenters. The van der Waals surface area contributed by atoms with Crippen LogP contribution in [0.25, 0.3) is 11.6 Å². The van der Waals surface area contributed by atoms with Gasteiger partial charge in [-0.2, -0.15) is 13.2 Å². The summed E-state index contributed by atoms with van der Waals surface area (Å²) in [6.45, 7) is 3.53. The van der Waals surface area contributed by atoms with Gasteiger partial charge in [0.25, 0.3) is 5.89 Å². The molecule has 0 spiro atoms. The zero-order valence-electron chi connectivity index (χ0n) is 14.3. The Labute approximate surface area is 165 Å². The highest BCUT2D eigenvalue weighted by Crippen LogP contribution is 2.36. The second-order valence-corrected chi connectivity index (χ2v) is 6.03. The van der Waals surface area contributed by atoms with E-state index < -0.39 is 17.5 Å². The maximum atomic E-state index is 13.3. The predicted octanol–water partition coefficient (Wildman–Crippen LogP) is 3.09. The Kier molecular flexibility index (Phi) is 8.12. The van der Waals surface area contributed by atoms with Crippen LogP contribution < -0.4 is 16.4 Å². The summed E-state index contributed by atoms with van der Waals surface area (Å²) < 4.78 is 44.7. The summed E-state index contributed by atoms with van der Waals surface area (Å²) in [7, 11) is 0. The summed E-state index contributed by atoms with van der Waals surface area (Å²) in [5.41, 5.74) is -0.818. The van der Waals surface area contributed by atoms with Crippen molar-refractivity contribution in [2.75, 3.05) is 18.4 Å². The van der Waals surface area contributed by atoms with E-state index >= 15 is 0 Å². The van der Waals surface area contributed by atoms with Crippen LogP contribution in [-0.4, -0.2) is 34.3 Å². The van der Waals surface area contributed by atoms with Crippen molar-refractivity contribution in [3.8, 4) is 11.6 Å². The Hall–Kier alpha value is -1.78. The summed E-state index contributed by atoms with van der Waals surface area (Å²) in [5.74, 6) is -0.997. The van der Waals surface area contributed by atoms with E-state index in [0.717, 1.165) is 38.1 Å². The van der Waals surface area contributed by atoms with Crippen molar-refractivity contribution in [2.45, 2.75) is 32.0 Å². The molecule has 0 amide bonds. The minimum atomic E-state index is -4.55. The third-order valence-corrected chi connectivity index (χ3v) is 4.31. The first-order valence-electron chi connectivity index (χ1n) is 7.96. The van der Waals surface area contributed by atoms with Crippen molar-refractivity contribution in [3.63, 3.8) is 0 Å². The van der Waals surface area contributed by atoms with Crippen molar-refractivity contribution in [2.24, 2.45) is 5.92 Å². The van der Waals surface area contributed by atoms with Gasteiger partial charge in [-0.05, 0) is 50.9 Å². The zero-order chi connectivity index (χ0) is 18.0. The van der Waals surface area contributed by atoms with Crippen LogP contribution in [0.2, 0.25) is 0 Å². The number of pyridine rings is 1. The first-order valence-corrected chi connectivity index (χ1v) is 7.96. The molecule has 3 heterocycles. The summed E-state index contributed by atoms with van der Waals surface area (Å²) in [6, 6.07) is 1.86. The molecule has 0 saturated carbocycles. The van der Waals surface area contributed by atoms with E-state index in [4.69, 9.17) is 4.42 Å². The zero-order valence-corrected chi connectivity index (χ0v) is 15.9. The normalized spacial score (nSPS) is 16.1. The molecule has 3 N–H and O–H groups in total. The fraction of sp³-hybridized carbons (Fsp3) is 0.533. The standard InChI is InChI=1S/C15H18F3N5O2.2ClH/c1-8(9-4-6-19-7-5-9)20-12-10(15(16,17)18)2-3-11(21-12)13-22-23-14(24)25-13;;/h2-3,8-9,19H,4-7H2,1H3,(H,20,21)(H,23,24);2*1H/t8-;;/m0../s1. The van der Waals surface area contributed by atoms with Crippen LogP contribution in [0.5, 0.6) is 0 Å². The molecule has 0 aliphatic carbocycles. The van der Waals surface area contributed by atoms with Crippen molar-refractivity contribution in [3.05, 3.63) is 28.2 Å². The first kappa shape index (κ1) is 23.3. The summed E-state index contributed by atoms with van der Waals surface area (Å²) in [5, 5.41) is 11.8. The largest absolute Gasteiger partial charge is 0.434 e. The van der Waals surface area contributed by atoms with Gasteiger partial charge in [0.15, 0.2) is 0 Å². The molecule has 152 valence electrons. The Bertz CT molecular complexity index is 790. The van der Waals surface area contributed by atoms with Gasteiger partial charge in [-0.25, -0.2) is 14.9 Å². The van der Waals surface area contributed by atoms with Crippen molar-refractivity contribution in [1.82, 2.24) is 20.5 Å². The van der Waals surface area contributed by atoms with Crippen LogP contribution in [0.3, 0.4) is 0 Å². The molecule has 27 heavy (non-hydrogen) atoms. The molecular weight excluding hydrogens is 410 g/mol. The lowest BCUT2D eigenvalue weighted by Gasteiger charge is -2.30. The van der Waals surface area contributed by atoms with Gasteiger partial charge in [-0.3, -0.25) is 0 Å². The van der Waals surface area contributed by atoms with Gasteiger partial charge in [-0.15, -0.1) is 29.9 Å². The maximum Gasteiger partial charge on any atom is 0.434 e. The molecule has 2 aromatic heterocycles. The lowest BCUT2D eigenvalue weighted by molar-refractivity contribution is -0.137. The second kappa shape index (κ2) is 9.43. The van der Waals surface area contributed by atoms with E-state index in [1.807, 2.05) is 6.92 Å². The van der Waals surface area contributed by atoms with E-state index in [0.29, 0.717) is 0 Å². The van der Waals surface area contributed by atoms with Crippen LogP contribution in [0.4, 0.5) is 19.0 Å². The quantitative estimate of drug-likeness (QED) is 0.690. The molecule has 0 unspecified atom stereocenters. The van der Waals surface area contributed by atoms with Crippen LogP contribution in [-0.2, 0) is 6.18 Å². The van der Waals surface area contributed by atoms with Crippen LogP contribution in [0.15, 0.2) is 21.3 Å². The molecule has 1 fully saturated rings. The van der Waals surface area contributed by atoms with Gasteiger partial charge < -0.3 is 15.1 Å². The number of anilines is 1. The molecule has 7 nitrogen and oxygen atoms in total. The molecule has 0 aromatic carbocycles. The summed E-state index contributed by atoms with van der Waals surface area (Å²) in [4.78, 5) is 15.0. The van der Waals surface area contributed by atoms with E-state index in [-0.39, 0.29) is 54.2 Å². The molecule has 1 saturated heterocycles. The topological polar surface area (TPSA) is 95.8 Å². The van der Waals surface area contributed by atoms with Crippen LogP contribution >= 0.6 is 24.8 Å². The molecule has 0 radical (unpaired) electrons. The first-order chi connectivity index (χ1) is 11.8. The van der Waals surface area contributed by atoms with E-state index in [9.17, 15) is 18.0 Å². The number of piperidine rings is 1. The van der Waals surface area contributed by atoms with Gasteiger partial charge >= 0.3 is 11.9 Å². The van der Waals surface area contributed by atoms with Gasteiger partial charge in [-0.1, -0.05) is 0 Å². The minimum absolute atomic E-state index is 0. The number of nitrogens with one attached hydrogen (secondary N) is 3. The van der Waals surface area contributed by atoms with E-state index in [1.165, 1.54) is 0 Å². The Morgan fingerprint density at radius 3 is 2.48 bits per heavy atom. The Balaban J connectivity index is 0.00000182. The molecule has 1 aliphatic rings. The summed E-state index contributed by atoms with van der Waals surface area (Å²) >= 11 is 0. The van der Waals surface area contributed by atoms with Crippen molar-refractivity contribution in [1.29, 1.82) is 0 Å². The number of aromatic nitrogens is 3. The highest BCUT2D eigenvalue weighted by Gasteiger charge is 2.35. The van der Waals surface area contributed by atoms with Crippen LogP contribution in [0.1, 0.15) is 25.3 Å². The number of rotatable bonds is 4. The molecule has 1 aliphatic heterocycles. The lowest BCUT2D eigenvalue weighted by atomic mass is 9.91. The highest BCUT2D eigenvalue weighted by atomic mass is 35.5. The fourth-order valence-electron chi connectivity index (χ4n) is 2.93. The SMILES string of the molecule is C[C@H](Nc1nc(-c2n[nH]c(=O)o2)ccc1C(F)(F)F)C1CCNCC1.Cl.Cl. The van der Waals surface area contributed by atoms with Crippen molar-refractivity contribution >= 4 is 30.6 Å². The predicted molar refractivity (Wildman–Crippen MR) is 98.5 cm³/mol. The number of halogens is 5. The highest BCUT2D eigenvalue weighted by molar-refractivity contribution is 5.85. The van der Waals surface area contributed by atoms with Crippen molar-refractivity contribution < 1.29 is 17.6 Å². The van der Waals surface area contributed by atoms with Gasteiger partial charge in [0.05, 0.1) is 5.56 Å². The van der Waals surface area contributed by atoms with E-state index in [1.54, 1.807) is 0 Å². The van der Waals surface area contributed by atoms with Gasteiger partial charge in [0.1, 0.15) is 11.5 Å². The average Bonchev–Trinajstić information content (AvgIpc) is 3.01. The number of aromatic amines is 1. The third kappa shape index (κ3) is 5.60. The molecule has 3 rings (SSSR count). The number of nitrogens with zero attached hydrogens (tertiary/aromatic N) is 2. The molecule has 12 heteroatoms. The maximum absolute atomic E-state index is 13.3. The molecular formula is C15H20Cl2F3N5O2. The third-order valence-electron chi connectivity index (χ3n) is 4.31. The number of hydrogen-bond acceptors (Lipinski definition) is 6. The number of hydrogen-bond donors (Lipinski definition) is 3. The number of H-pyrrole nitrogens is 1.